The summed E-state index contributed by atoms with van der Waals surface area (Å²) in [7, 11) is 0. The first-order chi connectivity index (χ1) is 8.25. The maximum atomic E-state index is 11.7. The van der Waals surface area contributed by atoms with Gasteiger partial charge in [0.2, 0.25) is 5.91 Å². The van der Waals surface area contributed by atoms with Crippen molar-refractivity contribution in [2.75, 3.05) is 19.6 Å². The molecule has 92 valence electrons. The van der Waals surface area contributed by atoms with E-state index >= 15 is 0 Å². The fourth-order valence-electron chi connectivity index (χ4n) is 1.99. The number of likely N-dealkylation sites (tertiary alicyclic amines) is 1. The fourth-order valence-corrected chi connectivity index (χ4v) is 2.12. The number of hydrogen-bond acceptors (Lipinski definition) is 2. The molecule has 0 aliphatic carbocycles. The van der Waals surface area contributed by atoms with E-state index in [1.807, 2.05) is 29.2 Å². The predicted octanol–water partition coefficient (Wildman–Crippen LogP) is 2.05. The SMILES string of the molecule is O=C(CNCc1ccc(Cl)cc1)N1CCCC1. The normalized spacial score (nSPS) is 15.2. The first kappa shape index (κ1) is 12.4. The van der Waals surface area contributed by atoms with Crippen LogP contribution in [0.25, 0.3) is 0 Å². The summed E-state index contributed by atoms with van der Waals surface area (Å²) in [6.45, 7) is 2.96. The second kappa shape index (κ2) is 6.03. The summed E-state index contributed by atoms with van der Waals surface area (Å²) in [5.74, 6) is 0.205. The Balaban J connectivity index is 1.72. The lowest BCUT2D eigenvalue weighted by Gasteiger charge is -2.15. The van der Waals surface area contributed by atoms with Gasteiger partial charge in [-0.1, -0.05) is 23.7 Å². The smallest absolute Gasteiger partial charge is 0.236 e. The third-order valence-corrected chi connectivity index (χ3v) is 3.23. The van der Waals surface area contributed by atoms with Crippen LogP contribution in [-0.4, -0.2) is 30.4 Å². The van der Waals surface area contributed by atoms with Crippen molar-refractivity contribution < 1.29 is 4.79 Å². The molecule has 1 N–H and O–H groups in total. The molecule has 17 heavy (non-hydrogen) atoms. The lowest BCUT2D eigenvalue weighted by atomic mass is 10.2. The predicted molar refractivity (Wildman–Crippen MR) is 69.0 cm³/mol. The van der Waals surface area contributed by atoms with E-state index in [1.165, 1.54) is 0 Å². The van der Waals surface area contributed by atoms with E-state index in [-0.39, 0.29) is 5.91 Å². The van der Waals surface area contributed by atoms with Crippen LogP contribution in [0.15, 0.2) is 24.3 Å². The van der Waals surface area contributed by atoms with E-state index in [0.29, 0.717) is 13.1 Å². The van der Waals surface area contributed by atoms with Crippen molar-refractivity contribution in [1.82, 2.24) is 10.2 Å². The summed E-state index contributed by atoms with van der Waals surface area (Å²) in [6.07, 6.45) is 2.28. The number of hydrogen-bond donors (Lipinski definition) is 1. The Kier molecular flexibility index (Phi) is 4.40. The van der Waals surface area contributed by atoms with Crippen LogP contribution in [0.2, 0.25) is 5.02 Å². The van der Waals surface area contributed by atoms with Crippen molar-refractivity contribution in [1.29, 1.82) is 0 Å². The molecule has 1 aliphatic rings. The van der Waals surface area contributed by atoms with Gasteiger partial charge in [-0.05, 0) is 30.5 Å². The molecule has 1 heterocycles. The lowest BCUT2D eigenvalue weighted by molar-refractivity contribution is -0.129. The zero-order valence-electron chi connectivity index (χ0n) is 9.79. The van der Waals surface area contributed by atoms with Gasteiger partial charge in [-0.15, -0.1) is 0 Å². The average Bonchev–Trinajstić information content (AvgIpc) is 2.85. The molecular weight excluding hydrogens is 236 g/mol. The molecule has 0 bridgehead atoms. The maximum Gasteiger partial charge on any atom is 0.236 e. The first-order valence-electron chi connectivity index (χ1n) is 5.98. The van der Waals surface area contributed by atoms with Crippen molar-refractivity contribution in [3.8, 4) is 0 Å². The summed E-state index contributed by atoms with van der Waals surface area (Å²) in [5, 5.41) is 3.90. The monoisotopic (exact) mass is 252 g/mol. The Morgan fingerprint density at radius 2 is 1.88 bits per heavy atom. The van der Waals surface area contributed by atoms with Gasteiger partial charge in [0.15, 0.2) is 0 Å². The molecule has 1 aliphatic heterocycles. The van der Waals surface area contributed by atoms with Gasteiger partial charge in [0, 0.05) is 24.7 Å². The zero-order chi connectivity index (χ0) is 12.1. The van der Waals surface area contributed by atoms with E-state index in [2.05, 4.69) is 5.32 Å². The topological polar surface area (TPSA) is 32.3 Å². The van der Waals surface area contributed by atoms with Crippen LogP contribution in [0.4, 0.5) is 0 Å². The third-order valence-electron chi connectivity index (χ3n) is 2.98. The van der Waals surface area contributed by atoms with Gasteiger partial charge in [-0.25, -0.2) is 0 Å². The standard InChI is InChI=1S/C13H17ClN2O/c14-12-5-3-11(4-6-12)9-15-10-13(17)16-7-1-2-8-16/h3-6,15H,1-2,7-10H2. The summed E-state index contributed by atoms with van der Waals surface area (Å²) in [5.41, 5.74) is 1.14. The van der Waals surface area contributed by atoms with Crippen LogP contribution in [0.3, 0.4) is 0 Å². The Morgan fingerprint density at radius 1 is 1.24 bits per heavy atom. The summed E-state index contributed by atoms with van der Waals surface area (Å²) >= 11 is 5.80. The van der Waals surface area contributed by atoms with Gasteiger partial charge in [0.1, 0.15) is 0 Å². The number of nitrogens with zero attached hydrogens (tertiary/aromatic N) is 1. The number of nitrogens with one attached hydrogen (secondary N) is 1. The molecule has 0 atom stereocenters. The van der Waals surface area contributed by atoms with E-state index in [1.54, 1.807) is 0 Å². The first-order valence-corrected chi connectivity index (χ1v) is 6.36. The lowest BCUT2D eigenvalue weighted by Crippen LogP contribution is -2.35. The molecule has 1 aromatic rings. The molecule has 4 heteroatoms. The average molecular weight is 253 g/mol. The van der Waals surface area contributed by atoms with Gasteiger partial charge < -0.3 is 10.2 Å². The summed E-state index contributed by atoms with van der Waals surface area (Å²) in [4.78, 5) is 13.7. The Labute approximate surface area is 107 Å². The Hall–Kier alpha value is -1.06. The van der Waals surface area contributed by atoms with Crippen LogP contribution in [0, 0.1) is 0 Å². The van der Waals surface area contributed by atoms with Crippen molar-refractivity contribution in [2.24, 2.45) is 0 Å². The number of rotatable bonds is 4. The molecule has 0 unspecified atom stereocenters. The molecule has 0 aromatic heterocycles. The van der Waals surface area contributed by atoms with Crippen molar-refractivity contribution in [2.45, 2.75) is 19.4 Å². The maximum absolute atomic E-state index is 11.7. The van der Waals surface area contributed by atoms with Crippen LogP contribution in [0.5, 0.6) is 0 Å². The Morgan fingerprint density at radius 3 is 2.53 bits per heavy atom. The van der Waals surface area contributed by atoms with Gasteiger partial charge in [0.05, 0.1) is 6.54 Å². The molecular formula is C13H17ClN2O. The number of carbonyl (C=O) groups is 1. The van der Waals surface area contributed by atoms with Crippen LogP contribution < -0.4 is 5.32 Å². The molecule has 1 aromatic carbocycles. The van der Waals surface area contributed by atoms with Gasteiger partial charge in [-0.2, -0.15) is 0 Å². The molecule has 0 saturated carbocycles. The highest BCUT2D eigenvalue weighted by Crippen LogP contribution is 2.09. The molecule has 1 fully saturated rings. The van der Waals surface area contributed by atoms with Gasteiger partial charge in [0.25, 0.3) is 0 Å². The van der Waals surface area contributed by atoms with Crippen LogP contribution in [-0.2, 0) is 11.3 Å². The van der Waals surface area contributed by atoms with Crippen molar-refractivity contribution >= 4 is 17.5 Å². The van der Waals surface area contributed by atoms with Gasteiger partial charge >= 0.3 is 0 Å². The minimum Gasteiger partial charge on any atom is -0.342 e. The number of amides is 1. The highest BCUT2D eigenvalue weighted by Gasteiger charge is 2.16. The van der Waals surface area contributed by atoms with E-state index in [0.717, 1.165) is 36.5 Å². The quantitative estimate of drug-likeness (QED) is 0.890. The van der Waals surface area contributed by atoms with Crippen LogP contribution in [0.1, 0.15) is 18.4 Å². The second-order valence-corrected chi connectivity index (χ2v) is 4.75. The molecule has 2 rings (SSSR count). The van der Waals surface area contributed by atoms with E-state index < -0.39 is 0 Å². The van der Waals surface area contributed by atoms with Gasteiger partial charge in [-0.3, -0.25) is 4.79 Å². The minimum absolute atomic E-state index is 0.205. The fraction of sp³-hybridized carbons (Fsp3) is 0.462. The number of carbonyl (C=O) groups excluding carboxylic acids is 1. The Bertz CT molecular complexity index is 372. The second-order valence-electron chi connectivity index (χ2n) is 4.32. The highest BCUT2D eigenvalue weighted by molar-refractivity contribution is 6.30. The molecule has 3 nitrogen and oxygen atoms in total. The molecule has 0 radical (unpaired) electrons. The number of halogens is 1. The highest BCUT2D eigenvalue weighted by atomic mass is 35.5. The minimum atomic E-state index is 0.205. The van der Waals surface area contributed by atoms with Crippen LogP contribution >= 0.6 is 11.6 Å². The van der Waals surface area contributed by atoms with Crippen molar-refractivity contribution in [3.05, 3.63) is 34.9 Å². The summed E-state index contributed by atoms with van der Waals surface area (Å²) in [6, 6.07) is 7.66. The summed E-state index contributed by atoms with van der Waals surface area (Å²) < 4.78 is 0. The van der Waals surface area contributed by atoms with E-state index in [4.69, 9.17) is 11.6 Å². The van der Waals surface area contributed by atoms with E-state index in [9.17, 15) is 4.79 Å². The zero-order valence-corrected chi connectivity index (χ0v) is 10.5. The van der Waals surface area contributed by atoms with Crippen molar-refractivity contribution in [3.63, 3.8) is 0 Å². The molecule has 1 amide bonds. The number of benzene rings is 1. The molecule has 1 saturated heterocycles. The third kappa shape index (κ3) is 3.72. The largest absolute Gasteiger partial charge is 0.342 e. The molecule has 0 spiro atoms.